The maximum atomic E-state index is 12.6. The van der Waals surface area contributed by atoms with Crippen LogP contribution in [0.15, 0.2) is 41.2 Å². The molecular formula is C17H16N4O4. The predicted molar refractivity (Wildman–Crippen MR) is 89.8 cm³/mol. The summed E-state index contributed by atoms with van der Waals surface area (Å²) in [6, 6.07) is 7.17. The van der Waals surface area contributed by atoms with Gasteiger partial charge in [0.15, 0.2) is 17.2 Å². The lowest BCUT2D eigenvalue weighted by Crippen LogP contribution is -2.16. The summed E-state index contributed by atoms with van der Waals surface area (Å²) in [7, 11) is 2.85. The summed E-state index contributed by atoms with van der Waals surface area (Å²) in [6.07, 6.45) is 2.92. The van der Waals surface area contributed by atoms with Crippen LogP contribution in [-0.4, -0.2) is 35.1 Å². The van der Waals surface area contributed by atoms with Gasteiger partial charge in [-0.05, 0) is 24.3 Å². The number of benzene rings is 1. The summed E-state index contributed by atoms with van der Waals surface area (Å²) in [5, 5.41) is 2.77. The number of anilines is 1. The lowest BCUT2D eigenvalue weighted by molar-refractivity contribution is 0.101. The maximum Gasteiger partial charge on any atom is 0.266 e. The molecule has 8 heteroatoms. The van der Waals surface area contributed by atoms with Gasteiger partial charge >= 0.3 is 0 Å². The molecule has 0 aliphatic carbocycles. The molecule has 0 aliphatic rings. The van der Waals surface area contributed by atoms with Gasteiger partial charge in [-0.1, -0.05) is 0 Å². The Morgan fingerprint density at radius 3 is 2.20 bits per heavy atom. The van der Waals surface area contributed by atoms with E-state index in [4.69, 9.17) is 13.9 Å². The van der Waals surface area contributed by atoms with Gasteiger partial charge in [0.1, 0.15) is 6.33 Å². The lowest BCUT2D eigenvalue weighted by atomic mass is 10.1. The summed E-state index contributed by atoms with van der Waals surface area (Å²) in [6.45, 7) is 1.78. The first kappa shape index (κ1) is 16.4. The molecule has 0 aliphatic heterocycles. The Hall–Kier alpha value is -3.42. The number of ether oxygens (including phenoxy) is 2. The minimum absolute atomic E-state index is 0.127. The first-order valence-electron chi connectivity index (χ1n) is 7.39. The fourth-order valence-corrected chi connectivity index (χ4v) is 2.26. The van der Waals surface area contributed by atoms with Crippen LogP contribution in [0.25, 0.3) is 11.3 Å². The normalized spacial score (nSPS) is 10.4. The molecule has 1 aromatic carbocycles. The minimum Gasteiger partial charge on any atom is -0.480 e. The highest BCUT2D eigenvalue weighted by Gasteiger charge is 2.21. The largest absolute Gasteiger partial charge is 0.480 e. The van der Waals surface area contributed by atoms with Gasteiger partial charge in [-0.15, -0.1) is 0 Å². The molecule has 0 saturated heterocycles. The van der Waals surface area contributed by atoms with E-state index in [1.807, 2.05) is 12.1 Å². The van der Waals surface area contributed by atoms with E-state index < -0.39 is 5.91 Å². The van der Waals surface area contributed by atoms with Crippen molar-refractivity contribution in [3.05, 3.63) is 48.2 Å². The van der Waals surface area contributed by atoms with Crippen molar-refractivity contribution < 1.29 is 18.7 Å². The zero-order chi connectivity index (χ0) is 17.8. The predicted octanol–water partition coefficient (Wildman–Crippen LogP) is 2.71. The fourth-order valence-electron chi connectivity index (χ4n) is 2.26. The Labute approximate surface area is 143 Å². The third-order valence-electron chi connectivity index (χ3n) is 3.44. The first-order valence-corrected chi connectivity index (χ1v) is 7.39. The quantitative estimate of drug-likeness (QED) is 0.762. The van der Waals surface area contributed by atoms with Crippen molar-refractivity contribution >= 4 is 11.6 Å². The number of hydrogen-bond donors (Lipinski definition) is 1. The van der Waals surface area contributed by atoms with Crippen LogP contribution in [-0.2, 0) is 0 Å². The molecule has 0 unspecified atom stereocenters. The van der Waals surface area contributed by atoms with Crippen LogP contribution >= 0.6 is 0 Å². The highest BCUT2D eigenvalue weighted by molar-refractivity contribution is 6.07. The van der Waals surface area contributed by atoms with Crippen molar-refractivity contribution in [1.29, 1.82) is 0 Å². The molecule has 2 heterocycles. The SMILES string of the molecule is COc1ncnc(OC)c1C(=O)Nc1ccc(-c2cnc(C)o2)cc1. The second-order valence-electron chi connectivity index (χ2n) is 5.04. The maximum absolute atomic E-state index is 12.6. The van der Waals surface area contributed by atoms with Gasteiger partial charge in [-0.3, -0.25) is 4.79 Å². The lowest BCUT2D eigenvalue weighted by Gasteiger charge is -2.11. The smallest absolute Gasteiger partial charge is 0.266 e. The number of aryl methyl sites for hydroxylation is 1. The van der Waals surface area contributed by atoms with Gasteiger partial charge in [-0.2, -0.15) is 0 Å². The number of oxazole rings is 1. The molecule has 0 radical (unpaired) electrons. The summed E-state index contributed by atoms with van der Waals surface area (Å²) in [4.78, 5) is 24.5. The van der Waals surface area contributed by atoms with Gasteiger partial charge in [-0.25, -0.2) is 15.0 Å². The van der Waals surface area contributed by atoms with Crippen molar-refractivity contribution in [3.63, 3.8) is 0 Å². The number of rotatable bonds is 5. The molecule has 1 amide bonds. The third-order valence-corrected chi connectivity index (χ3v) is 3.44. The average molecular weight is 340 g/mol. The molecule has 0 atom stereocenters. The molecule has 2 aromatic heterocycles. The molecule has 25 heavy (non-hydrogen) atoms. The Kier molecular flexibility index (Phi) is 4.60. The molecule has 8 nitrogen and oxygen atoms in total. The summed E-state index contributed by atoms with van der Waals surface area (Å²) in [5.41, 5.74) is 1.58. The van der Waals surface area contributed by atoms with E-state index in [0.29, 0.717) is 17.3 Å². The number of hydrogen-bond acceptors (Lipinski definition) is 7. The summed E-state index contributed by atoms with van der Waals surface area (Å²) in [5.74, 6) is 1.10. The van der Waals surface area contributed by atoms with Crippen LogP contribution in [0.4, 0.5) is 5.69 Å². The number of nitrogens with zero attached hydrogens (tertiary/aromatic N) is 3. The average Bonchev–Trinajstić information content (AvgIpc) is 3.07. The van der Waals surface area contributed by atoms with Gasteiger partial charge in [0.2, 0.25) is 11.8 Å². The van der Waals surface area contributed by atoms with Crippen LogP contribution in [0.5, 0.6) is 11.8 Å². The van der Waals surface area contributed by atoms with Crippen molar-refractivity contribution in [2.45, 2.75) is 6.92 Å². The van der Waals surface area contributed by atoms with Crippen LogP contribution in [0.2, 0.25) is 0 Å². The molecule has 0 fully saturated rings. The van der Waals surface area contributed by atoms with Gasteiger partial charge < -0.3 is 19.2 Å². The summed E-state index contributed by atoms with van der Waals surface area (Å²) < 4.78 is 15.7. The molecule has 1 N–H and O–H groups in total. The van der Waals surface area contributed by atoms with Crippen molar-refractivity contribution in [2.75, 3.05) is 19.5 Å². The highest BCUT2D eigenvalue weighted by atomic mass is 16.5. The number of methoxy groups -OCH3 is 2. The molecular weight excluding hydrogens is 324 g/mol. The van der Waals surface area contributed by atoms with E-state index in [-0.39, 0.29) is 17.3 Å². The molecule has 3 aromatic rings. The Morgan fingerprint density at radius 2 is 1.68 bits per heavy atom. The van der Waals surface area contributed by atoms with Crippen LogP contribution in [0, 0.1) is 6.92 Å². The topological polar surface area (TPSA) is 99.4 Å². The third kappa shape index (κ3) is 3.42. The number of nitrogens with one attached hydrogen (secondary N) is 1. The van der Waals surface area contributed by atoms with Gasteiger partial charge in [0.05, 0.1) is 20.4 Å². The van der Waals surface area contributed by atoms with E-state index >= 15 is 0 Å². The molecule has 0 saturated carbocycles. The van der Waals surface area contributed by atoms with Crippen molar-refractivity contribution in [3.8, 4) is 23.1 Å². The monoisotopic (exact) mass is 340 g/mol. The number of carbonyl (C=O) groups excluding carboxylic acids is 1. The summed E-state index contributed by atoms with van der Waals surface area (Å²) >= 11 is 0. The van der Waals surface area contributed by atoms with E-state index in [2.05, 4.69) is 20.3 Å². The Morgan fingerprint density at radius 1 is 1.04 bits per heavy atom. The standard InChI is InChI=1S/C17H16N4O4/c1-10-18-8-13(25-10)11-4-6-12(7-5-11)21-15(22)14-16(23-2)19-9-20-17(14)24-3/h4-9H,1-3H3,(H,21,22). The first-order chi connectivity index (χ1) is 12.1. The minimum atomic E-state index is -0.433. The second-order valence-corrected chi connectivity index (χ2v) is 5.04. The number of carbonyl (C=O) groups is 1. The molecule has 128 valence electrons. The zero-order valence-corrected chi connectivity index (χ0v) is 13.9. The van der Waals surface area contributed by atoms with Gasteiger partial charge in [0.25, 0.3) is 5.91 Å². The second kappa shape index (κ2) is 7.00. The fraction of sp³-hybridized carbons (Fsp3) is 0.176. The van der Waals surface area contributed by atoms with E-state index in [1.165, 1.54) is 20.5 Å². The molecule has 3 rings (SSSR count). The van der Waals surface area contributed by atoms with Gasteiger partial charge in [0, 0.05) is 18.2 Å². The Bertz CT molecular complexity index is 868. The van der Waals surface area contributed by atoms with E-state index in [0.717, 1.165) is 5.56 Å². The van der Waals surface area contributed by atoms with Crippen LogP contribution in [0.3, 0.4) is 0 Å². The van der Waals surface area contributed by atoms with Crippen LogP contribution in [0.1, 0.15) is 16.2 Å². The molecule has 0 bridgehead atoms. The van der Waals surface area contributed by atoms with Crippen LogP contribution < -0.4 is 14.8 Å². The Balaban J connectivity index is 1.82. The number of amides is 1. The number of aromatic nitrogens is 3. The van der Waals surface area contributed by atoms with Crippen molar-refractivity contribution in [2.24, 2.45) is 0 Å². The molecule has 0 spiro atoms. The van der Waals surface area contributed by atoms with E-state index in [9.17, 15) is 4.79 Å². The van der Waals surface area contributed by atoms with E-state index in [1.54, 1.807) is 25.3 Å². The highest BCUT2D eigenvalue weighted by Crippen LogP contribution is 2.26. The van der Waals surface area contributed by atoms with Crippen molar-refractivity contribution in [1.82, 2.24) is 15.0 Å². The zero-order valence-electron chi connectivity index (χ0n) is 13.9.